The number of hydrogen-bond acceptors (Lipinski definition) is 28. The van der Waals surface area contributed by atoms with Crippen molar-refractivity contribution >= 4 is 99.7 Å². The van der Waals surface area contributed by atoms with Crippen LogP contribution in [0.15, 0.2) is 46.2 Å². The molecule has 0 radical (unpaired) electrons. The Morgan fingerprint density at radius 1 is 0.485 bits per heavy atom. The first-order valence-corrected chi connectivity index (χ1v) is 24.2. The van der Waals surface area contributed by atoms with E-state index in [2.05, 4.69) is 61.8 Å². The summed E-state index contributed by atoms with van der Waals surface area (Å²) >= 11 is 0. The summed E-state index contributed by atoms with van der Waals surface area (Å²) in [5.41, 5.74) is -0.696. The van der Waals surface area contributed by atoms with Crippen molar-refractivity contribution < 1.29 is 191 Å². The van der Waals surface area contributed by atoms with Crippen LogP contribution >= 0.6 is 0 Å². The smallest absolute Gasteiger partial charge is 0.748 e. The van der Waals surface area contributed by atoms with Gasteiger partial charge in [-0.3, -0.25) is 0 Å². The topological polar surface area (TPSA) is 459 Å². The Morgan fingerprint density at radius 2 is 0.779 bits per heavy atom. The molecule has 2 unspecified atom stereocenters. The standard InChI is InChI=1S/C32H44N12O16S4.4Na/c45-17-23(47)7-9-33-27-39-29(35-11-13-61(49,50)51)43-31(41-27)37-21-5-3-19(25(15-21)63(55,56)57)1-2-20-4-6-22(16-26(20)64(58,59)60)38-32-42-28(34-10-8-24(48)18-46)40-30(44-32)36-12-14-62(52,53)54;;;;/h1-6,15-16,23-24,45-48H,7-14,17-18H2,(H,49,50,51)(H,52,53,54)(H,55,56,57)(H,58,59,60)(H3,33,35,37,39,41,43)(H3,34,36,38,40,42,44);;;;/q;4*+1/p-4. The van der Waals surface area contributed by atoms with Crippen LogP contribution in [0.1, 0.15) is 24.0 Å². The molecule has 10 N–H and O–H groups in total. The molecule has 0 spiro atoms. The zero-order valence-electron chi connectivity index (χ0n) is 36.8. The molecule has 0 fully saturated rings. The molecule has 2 atom stereocenters. The van der Waals surface area contributed by atoms with Crippen LogP contribution in [0, 0.1) is 0 Å². The fourth-order valence-electron chi connectivity index (χ4n) is 5.01. The van der Waals surface area contributed by atoms with Gasteiger partial charge in [0.15, 0.2) is 0 Å². The van der Waals surface area contributed by atoms with E-state index in [-0.39, 0.29) is 202 Å². The van der Waals surface area contributed by atoms with Crippen LogP contribution in [0.4, 0.5) is 47.1 Å². The minimum atomic E-state index is -5.27. The molecule has 0 aliphatic heterocycles. The van der Waals surface area contributed by atoms with Gasteiger partial charge in [-0.2, -0.15) is 29.9 Å². The number of aromatic nitrogens is 6. The van der Waals surface area contributed by atoms with Crippen molar-refractivity contribution in [3.8, 4) is 0 Å². The van der Waals surface area contributed by atoms with Gasteiger partial charge in [0.2, 0.25) is 35.7 Å². The number of aliphatic hydroxyl groups is 4. The molecule has 352 valence electrons. The normalized spacial score (nSPS) is 12.5. The average molecular weight is 1070 g/mol. The van der Waals surface area contributed by atoms with Crippen molar-refractivity contribution in [2.24, 2.45) is 0 Å². The van der Waals surface area contributed by atoms with Crippen LogP contribution < -0.4 is 150 Å². The summed E-state index contributed by atoms with van der Waals surface area (Å²) in [4.78, 5) is 22.7. The van der Waals surface area contributed by atoms with E-state index in [0.29, 0.717) is 0 Å². The summed E-state index contributed by atoms with van der Waals surface area (Å²) in [7, 11) is -19.8. The Labute approximate surface area is 479 Å². The van der Waals surface area contributed by atoms with Gasteiger partial charge in [0.1, 0.15) is 20.2 Å². The molecule has 0 amide bonds. The molecule has 0 saturated heterocycles. The van der Waals surface area contributed by atoms with Crippen LogP contribution in [-0.2, 0) is 40.5 Å². The fourth-order valence-corrected chi connectivity index (χ4v) is 7.11. The number of rotatable bonds is 26. The van der Waals surface area contributed by atoms with E-state index >= 15 is 0 Å². The minimum absolute atomic E-state index is 0. The molecular weight excluding hydrogens is 1030 g/mol. The largest absolute Gasteiger partial charge is 1.00 e. The van der Waals surface area contributed by atoms with E-state index in [9.17, 15) is 62.1 Å². The SMILES string of the molecule is O=S(=O)([O-])CCNc1nc(NCCC(O)CO)nc(Nc2ccc(C=Cc3ccc(Nc4nc(NCCC(O)CO)nc(NCCS(=O)(=O)[O-])n4)cc3S(=O)(=O)[O-])c(S(=O)(=O)[O-])c2)n1.[Na+].[Na+].[Na+].[Na+]. The first-order chi connectivity index (χ1) is 29.9. The second-order valence-electron chi connectivity index (χ2n) is 13.1. The van der Waals surface area contributed by atoms with Gasteiger partial charge < -0.3 is 70.5 Å². The van der Waals surface area contributed by atoms with E-state index < -0.39 is 100 Å². The number of nitrogens with one attached hydrogen (secondary N) is 6. The van der Waals surface area contributed by atoms with Crippen LogP contribution in [0.3, 0.4) is 0 Å². The molecule has 0 aliphatic rings. The maximum Gasteiger partial charge on any atom is 1.00 e. The van der Waals surface area contributed by atoms with Gasteiger partial charge in [0.25, 0.3) is 0 Å². The molecule has 28 nitrogen and oxygen atoms in total. The number of hydrogen-bond donors (Lipinski definition) is 10. The molecule has 2 aromatic heterocycles. The van der Waals surface area contributed by atoms with Crippen LogP contribution in [-0.4, -0.2) is 165 Å². The van der Waals surface area contributed by atoms with E-state index in [0.717, 1.165) is 36.4 Å². The zero-order chi connectivity index (χ0) is 47.3. The van der Waals surface area contributed by atoms with E-state index in [4.69, 9.17) is 10.2 Å². The summed E-state index contributed by atoms with van der Waals surface area (Å²) < 4.78 is 141. The van der Waals surface area contributed by atoms with Gasteiger partial charge in [-0.05, 0) is 48.2 Å². The van der Waals surface area contributed by atoms with Gasteiger partial charge >= 0.3 is 118 Å². The molecule has 4 rings (SSSR count). The van der Waals surface area contributed by atoms with Crippen molar-refractivity contribution in [2.75, 3.05) is 82.8 Å². The number of aliphatic hydroxyl groups excluding tert-OH is 4. The Hall–Kier alpha value is -1.52. The molecule has 4 aromatic rings. The molecule has 36 heteroatoms. The Morgan fingerprint density at radius 3 is 1.06 bits per heavy atom. The van der Waals surface area contributed by atoms with Crippen molar-refractivity contribution in [1.82, 2.24) is 29.9 Å². The second kappa shape index (κ2) is 30.5. The van der Waals surface area contributed by atoms with Crippen LogP contribution in [0.5, 0.6) is 0 Å². The monoisotopic (exact) mass is 1070 g/mol. The van der Waals surface area contributed by atoms with Gasteiger partial charge in [-0.15, -0.1) is 0 Å². The second-order valence-corrected chi connectivity index (χ2v) is 18.8. The number of anilines is 8. The number of nitrogens with zero attached hydrogens (tertiary/aromatic N) is 6. The fraction of sp³-hybridized carbons (Fsp3) is 0.375. The van der Waals surface area contributed by atoms with Crippen molar-refractivity contribution in [3.63, 3.8) is 0 Å². The molecule has 0 aliphatic carbocycles. The van der Waals surface area contributed by atoms with Crippen molar-refractivity contribution in [3.05, 3.63) is 47.5 Å². The molecular formula is C32H40N12Na4O16S4. The Balaban J connectivity index is 0.0000112. The van der Waals surface area contributed by atoms with Crippen LogP contribution in [0.2, 0.25) is 0 Å². The summed E-state index contributed by atoms with van der Waals surface area (Å²) in [6.07, 6.45) is 0.0282. The van der Waals surface area contributed by atoms with Crippen LogP contribution in [0.25, 0.3) is 12.2 Å². The van der Waals surface area contributed by atoms with E-state index in [1.54, 1.807) is 0 Å². The summed E-state index contributed by atoms with van der Waals surface area (Å²) in [6.45, 7) is -1.81. The average Bonchev–Trinajstić information content (AvgIpc) is 3.18. The molecule has 0 bridgehead atoms. The summed E-state index contributed by atoms with van der Waals surface area (Å²) in [6, 6.07) is 6.62. The maximum absolute atomic E-state index is 12.4. The van der Waals surface area contributed by atoms with Gasteiger partial charge in [0.05, 0.1) is 67.0 Å². The third-order valence-corrected chi connectivity index (χ3v) is 11.2. The zero-order valence-corrected chi connectivity index (χ0v) is 48.1. The molecule has 68 heavy (non-hydrogen) atoms. The third kappa shape index (κ3) is 24.3. The van der Waals surface area contributed by atoms with Crippen molar-refractivity contribution in [1.29, 1.82) is 0 Å². The van der Waals surface area contributed by atoms with Gasteiger partial charge in [0, 0.05) is 37.6 Å². The number of benzene rings is 2. The predicted octanol–water partition coefficient (Wildman–Crippen LogP) is -14.2. The first-order valence-electron chi connectivity index (χ1n) is 18.3. The Kier molecular flexibility index (Phi) is 29.8. The molecule has 2 aromatic carbocycles. The minimum Gasteiger partial charge on any atom is -0.748 e. The predicted molar refractivity (Wildman–Crippen MR) is 222 cm³/mol. The van der Waals surface area contributed by atoms with Gasteiger partial charge in [-0.1, -0.05) is 24.3 Å². The third-order valence-electron chi connectivity index (χ3n) is 8.00. The molecule has 2 heterocycles. The van der Waals surface area contributed by atoms with Gasteiger partial charge in [-0.25, -0.2) is 33.7 Å². The maximum atomic E-state index is 12.4. The van der Waals surface area contributed by atoms with E-state index in [1.165, 1.54) is 12.1 Å². The van der Waals surface area contributed by atoms with Crippen molar-refractivity contribution in [2.45, 2.75) is 34.8 Å². The first kappa shape index (κ1) is 66.5. The van der Waals surface area contributed by atoms with E-state index in [1.807, 2.05) is 0 Å². The molecule has 0 saturated carbocycles. The summed E-state index contributed by atoms with van der Waals surface area (Å²) in [5, 5.41) is 53.3. The summed E-state index contributed by atoms with van der Waals surface area (Å²) in [5.74, 6) is -3.02. The quantitative estimate of drug-likeness (QED) is 0.0159. The Bertz CT molecular complexity index is 2570.